The third kappa shape index (κ3) is 6.43. The number of carbonyl (C=O) groups excluding carboxylic acids is 1. The van der Waals surface area contributed by atoms with Crippen LogP contribution in [0.1, 0.15) is 18.4 Å². The largest absolute Gasteiger partial charge is 0.489 e. The van der Waals surface area contributed by atoms with Crippen LogP contribution in [0.4, 0.5) is 30.5 Å². The number of amides is 1. The summed E-state index contributed by atoms with van der Waals surface area (Å²) in [7, 11) is 0. The van der Waals surface area contributed by atoms with Crippen molar-refractivity contribution in [1.29, 1.82) is 5.26 Å². The number of hydrogen-bond acceptors (Lipinski definition) is 8. The van der Waals surface area contributed by atoms with Gasteiger partial charge in [0, 0.05) is 62.2 Å². The summed E-state index contributed by atoms with van der Waals surface area (Å²) in [5.41, 5.74) is 3.51. The highest BCUT2D eigenvalue weighted by Crippen LogP contribution is 2.29. The molecule has 2 fully saturated rings. The van der Waals surface area contributed by atoms with Crippen LogP contribution in [0.5, 0.6) is 5.75 Å². The Balaban J connectivity index is 1.23. The van der Waals surface area contributed by atoms with Crippen molar-refractivity contribution in [3.63, 3.8) is 0 Å². The van der Waals surface area contributed by atoms with Gasteiger partial charge in [0.15, 0.2) is 0 Å². The number of nitrogens with one attached hydrogen (secondary N) is 1. The second kappa shape index (κ2) is 11.8. The Bertz CT molecular complexity index is 1380. The number of carbonyl (C=O) groups is 1. The van der Waals surface area contributed by atoms with E-state index >= 15 is 0 Å². The number of hydrogen-bond donors (Lipinski definition) is 1. The molecule has 0 bridgehead atoms. The predicted molar refractivity (Wildman–Crippen MR) is 141 cm³/mol. The number of anilines is 3. The van der Waals surface area contributed by atoms with Crippen molar-refractivity contribution in [2.24, 2.45) is 0 Å². The first-order chi connectivity index (χ1) is 19.3. The number of aromatic nitrogens is 2. The summed E-state index contributed by atoms with van der Waals surface area (Å²) in [6.45, 7) is 3.02. The van der Waals surface area contributed by atoms with Crippen LogP contribution in [-0.2, 0) is 9.53 Å². The number of nitrogens with zero attached hydrogens (tertiary/aromatic N) is 5. The summed E-state index contributed by atoms with van der Waals surface area (Å²) in [6, 6.07) is 16.9. The summed E-state index contributed by atoms with van der Waals surface area (Å²) >= 11 is 0. The van der Waals surface area contributed by atoms with Gasteiger partial charge < -0.3 is 24.6 Å². The molecule has 0 radical (unpaired) electrons. The molecule has 40 heavy (non-hydrogen) atoms. The van der Waals surface area contributed by atoms with E-state index in [1.54, 1.807) is 30.5 Å². The Labute approximate surface area is 229 Å². The Kier molecular flexibility index (Phi) is 8.02. The Morgan fingerprint density at radius 3 is 2.45 bits per heavy atom. The standard InChI is InChI=1S/C28H27F3N6O3/c29-28(30,31)26(38)37-11-8-23(9-12-37)40-25-6-1-19(17-20(25)18-32)24-7-10-33-27(35-24)34-21-2-4-22(5-3-21)36-13-15-39-16-14-36/h1-7,10,17,23H,8-9,11-16H2,(H,33,34,35). The minimum atomic E-state index is -4.89. The Morgan fingerprint density at radius 1 is 1.05 bits per heavy atom. The van der Waals surface area contributed by atoms with Crippen molar-refractivity contribution >= 4 is 23.2 Å². The first kappa shape index (κ1) is 27.2. The maximum atomic E-state index is 12.7. The Morgan fingerprint density at radius 2 is 1.77 bits per heavy atom. The minimum Gasteiger partial charge on any atom is -0.489 e. The van der Waals surface area contributed by atoms with Crippen LogP contribution in [-0.4, -0.2) is 72.4 Å². The van der Waals surface area contributed by atoms with E-state index in [1.165, 1.54) is 0 Å². The normalized spacial score (nSPS) is 16.4. The van der Waals surface area contributed by atoms with Crippen LogP contribution in [0.25, 0.3) is 11.3 Å². The number of likely N-dealkylation sites (tertiary alicyclic amines) is 1. The number of alkyl halides is 3. The molecule has 0 unspecified atom stereocenters. The third-order valence-corrected chi connectivity index (χ3v) is 6.82. The van der Waals surface area contributed by atoms with Crippen LogP contribution in [0.15, 0.2) is 54.7 Å². The number of piperidine rings is 1. The molecule has 3 aromatic rings. The lowest BCUT2D eigenvalue weighted by molar-refractivity contribution is -0.187. The lowest BCUT2D eigenvalue weighted by Crippen LogP contribution is -2.47. The van der Waals surface area contributed by atoms with E-state index < -0.39 is 18.2 Å². The monoisotopic (exact) mass is 552 g/mol. The van der Waals surface area contributed by atoms with E-state index in [9.17, 15) is 23.2 Å². The van der Waals surface area contributed by atoms with Gasteiger partial charge in [-0.2, -0.15) is 18.4 Å². The van der Waals surface area contributed by atoms with Crippen molar-refractivity contribution in [1.82, 2.24) is 14.9 Å². The zero-order valence-electron chi connectivity index (χ0n) is 21.5. The minimum absolute atomic E-state index is 0.0599. The van der Waals surface area contributed by atoms with Crippen molar-refractivity contribution < 1.29 is 27.4 Å². The van der Waals surface area contributed by atoms with Gasteiger partial charge in [0.2, 0.25) is 5.95 Å². The molecule has 5 rings (SSSR count). The molecule has 12 heteroatoms. The van der Waals surface area contributed by atoms with Gasteiger partial charge in [0.25, 0.3) is 0 Å². The molecule has 9 nitrogen and oxygen atoms in total. The molecule has 3 heterocycles. The quantitative estimate of drug-likeness (QED) is 0.476. The van der Waals surface area contributed by atoms with E-state index in [0.717, 1.165) is 29.4 Å². The number of ether oxygens (including phenoxy) is 2. The van der Waals surface area contributed by atoms with Gasteiger partial charge in [0.05, 0.1) is 24.5 Å². The van der Waals surface area contributed by atoms with E-state index in [-0.39, 0.29) is 31.5 Å². The highest BCUT2D eigenvalue weighted by molar-refractivity contribution is 5.82. The molecule has 2 aromatic carbocycles. The average molecular weight is 553 g/mol. The maximum Gasteiger partial charge on any atom is 0.471 e. The van der Waals surface area contributed by atoms with Crippen molar-refractivity contribution in [3.8, 4) is 23.1 Å². The highest BCUT2D eigenvalue weighted by Gasteiger charge is 2.43. The van der Waals surface area contributed by atoms with Crippen molar-refractivity contribution in [3.05, 3.63) is 60.3 Å². The van der Waals surface area contributed by atoms with Gasteiger partial charge in [-0.15, -0.1) is 0 Å². The van der Waals surface area contributed by atoms with Crippen LogP contribution < -0.4 is 15.0 Å². The molecule has 208 valence electrons. The third-order valence-electron chi connectivity index (χ3n) is 6.82. The highest BCUT2D eigenvalue weighted by atomic mass is 19.4. The average Bonchev–Trinajstić information content (AvgIpc) is 2.98. The van der Waals surface area contributed by atoms with Crippen LogP contribution in [0.2, 0.25) is 0 Å². The first-order valence-electron chi connectivity index (χ1n) is 12.9. The molecule has 2 saturated heterocycles. The van der Waals surface area contributed by atoms with Crippen molar-refractivity contribution in [2.45, 2.75) is 25.1 Å². The fourth-order valence-electron chi connectivity index (χ4n) is 4.70. The van der Waals surface area contributed by atoms with Crippen LogP contribution >= 0.6 is 0 Å². The fraction of sp³-hybridized carbons (Fsp3) is 0.357. The van der Waals surface area contributed by atoms with Gasteiger partial charge >= 0.3 is 12.1 Å². The maximum absolute atomic E-state index is 12.7. The summed E-state index contributed by atoms with van der Waals surface area (Å²) < 4.78 is 49.4. The molecule has 2 aliphatic heterocycles. The molecule has 1 N–H and O–H groups in total. The van der Waals surface area contributed by atoms with Crippen LogP contribution in [0.3, 0.4) is 0 Å². The number of nitriles is 1. The lowest BCUT2D eigenvalue weighted by Gasteiger charge is -2.32. The molecule has 0 saturated carbocycles. The van der Waals surface area contributed by atoms with Gasteiger partial charge in [-0.05, 0) is 48.5 Å². The molecule has 2 aliphatic rings. The van der Waals surface area contributed by atoms with Crippen LogP contribution in [0, 0.1) is 11.3 Å². The van der Waals surface area contributed by atoms with E-state index in [0.29, 0.717) is 36.2 Å². The molecular formula is C28H27F3N6O3. The number of rotatable bonds is 6. The smallest absolute Gasteiger partial charge is 0.471 e. The number of halogens is 3. The van der Waals surface area contributed by atoms with Gasteiger partial charge in [-0.1, -0.05) is 0 Å². The van der Waals surface area contributed by atoms with Crippen molar-refractivity contribution in [2.75, 3.05) is 49.6 Å². The fourth-order valence-corrected chi connectivity index (χ4v) is 4.70. The number of morpholine rings is 1. The topological polar surface area (TPSA) is 104 Å². The zero-order chi connectivity index (χ0) is 28.1. The summed E-state index contributed by atoms with van der Waals surface area (Å²) in [4.78, 5) is 23.4. The van der Waals surface area contributed by atoms with E-state index in [1.807, 2.05) is 24.3 Å². The lowest BCUT2D eigenvalue weighted by atomic mass is 10.1. The summed E-state index contributed by atoms with van der Waals surface area (Å²) in [5.74, 6) is -1.10. The second-order valence-electron chi connectivity index (χ2n) is 9.47. The molecule has 0 spiro atoms. The predicted octanol–water partition coefficient (Wildman–Crippen LogP) is 4.53. The zero-order valence-corrected chi connectivity index (χ0v) is 21.5. The van der Waals surface area contributed by atoms with E-state index in [4.69, 9.17) is 9.47 Å². The molecule has 1 aromatic heterocycles. The van der Waals surface area contributed by atoms with E-state index in [2.05, 4.69) is 26.3 Å². The summed E-state index contributed by atoms with van der Waals surface area (Å²) in [6.07, 6.45) is -3.19. The molecule has 0 aliphatic carbocycles. The van der Waals surface area contributed by atoms with Gasteiger partial charge in [-0.25, -0.2) is 9.97 Å². The number of benzene rings is 2. The molecular weight excluding hydrogens is 525 g/mol. The second-order valence-corrected chi connectivity index (χ2v) is 9.47. The molecule has 1 amide bonds. The summed E-state index contributed by atoms with van der Waals surface area (Å²) in [5, 5.41) is 12.9. The first-order valence-corrected chi connectivity index (χ1v) is 12.9. The van der Waals surface area contributed by atoms with Gasteiger partial charge in [-0.3, -0.25) is 4.79 Å². The molecule has 0 atom stereocenters. The Hall–Kier alpha value is -4.37. The van der Waals surface area contributed by atoms with Gasteiger partial charge in [0.1, 0.15) is 17.9 Å². The SMILES string of the molecule is N#Cc1cc(-c2ccnc(Nc3ccc(N4CCOCC4)cc3)n2)ccc1OC1CCN(C(=O)C(F)(F)F)CC1.